The van der Waals surface area contributed by atoms with Crippen molar-refractivity contribution >= 4 is 6.09 Å². The van der Waals surface area contributed by atoms with Crippen LogP contribution in [0.15, 0.2) is 121 Å². The Bertz CT molecular complexity index is 1360. The van der Waals surface area contributed by atoms with Crippen LogP contribution in [0.1, 0.15) is 28.7 Å². The van der Waals surface area contributed by atoms with Crippen molar-refractivity contribution in [3.05, 3.63) is 144 Å². The largest absolute Gasteiger partial charge is 0.445 e. The van der Waals surface area contributed by atoms with Crippen LogP contribution in [0.4, 0.5) is 4.79 Å². The van der Waals surface area contributed by atoms with E-state index in [0.29, 0.717) is 19.6 Å². The summed E-state index contributed by atoms with van der Waals surface area (Å²) < 4.78 is 25.0. The summed E-state index contributed by atoms with van der Waals surface area (Å²) in [6.07, 6.45) is -2.45. The first kappa shape index (κ1) is 30.4. The molecule has 0 spiro atoms. The lowest BCUT2D eigenvalue weighted by molar-refractivity contribution is -0.149. The first-order valence-corrected chi connectivity index (χ1v) is 14.8. The maximum absolute atomic E-state index is 13.7. The molecule has 0 aromatic heterocycles. The highest BCUT2D eigenvalue weighted by Gasteiger charge is 2.44. The van der Waals surface area contributed by atoms with Crippen molar-refractivity contribution < 1.29 is 28.8 Å². The monoisotopic (exact) mass is 581 g/mol. The van der Waals surface area contributed by atoms with Crippen LogP contribution < -0.4 is 0 Å². The SMILES string of the molecule is O=C(OCc1ccccc1)N1CC[C@H](O)[C@@H](OCc2ccccc2)[C@H](OCc2ccccc2)[C@@H]1COCc1ccccc1. The van der Waals surface area contributed by atoms with Gasteiger partial charge >= 0.3 is 6.09 Å². The smallest absolute Gasteiger partial charge is 0.410 e. The maximum atomic E-state index is 13.7. The van der Waals surface area contributed by atoms with Crippen molar-refractivity contribution in [1.82, 2.24) is 4.90 Å². The summed E-state index contributed by atoms with van der Waals surface area (Å²) in [4.78, 5) is 15.3. The van der Waals surface area contributed by atoms with E-state index < -0.39 is 30.4 Å². The molecule has 0 bridgehead atoms. The molecule has 4 aromatic rings. The van der Waals surface area contributed by atoms with Crippen LogP contribution in [0.5, 0.6) is 0 Å². The predicted molar refractivity (Wildman–Crippen MR) is 164 cm³/mol. The summed E-state index contributed by atoms with van der Waals surface area (Å²) in [7, 11) is 0. The second-order valence-electron chi connectivity index (χ2n) is 10.7. The minimum atomic E-state index is -0.868. The predicted octanol–water partition coefficient (Wildman–Crippen LogP) is 6.15. The molecule has 1 saturated heterocycles. The molecule has 1 fully saturated rings. The number of benzene rings is 4. The first-order valence-electron chi connectivity index (χ1n) is 14.8. The number of aliphatic hydroxyl groups is 1. The Labute approximate surface area is 253 Å². The Morgan fingerprint density at radius 3 is 1.58 bits per heavy atom. The van der Waals surface area contributed by atoms with Gasteiger partial charge in [0.25, 0.3) is 0 Å². The second-order valence-corrected chi connectivity index (χ2v) is 10.7. The summed E-state index contributed by atoms with van der Waals surface area (Å²) in [5.41, 5.74) is 3.87. The van der Waals surface area contributed by atoms with Gasteiger partial charge in [-0.05, 0) is 28.7 Å². The number of amides is 1. The van der Waals surface area contributed by atoms with E-state index in [1.807, 2.05) is 121 Å². The van der Waals surface area contributed by atoms with E-state index in [1.54, 1.807) is 4.90 Å². The van der Waals surface area contributed by atoms with Crippen molar-refractivity contribution in [3.8, 4) is 0 Å². The standard InChI is InChI=1S/C36H39NO6/c38-33-21-22-37(36(39)43-26-31-19-11-4-12-20-31)32(27-40-23-28-13-5-1-6-14-28)34(41-24-29-15-7-2-8-16-29)35(33)42-25-30-17-9-3-10-18-30/h1-20,32-35,38H,21-27H2/t32-,33-,34+,35+/m0/s1. The fourth-order valence-electron chi connectivity index (χ4n) is 5.25. The Morgan fingerprint density at radius 2 is 1.07 bits per heavy atom. The van der Waals surface area contributed by atoms with Gasteiger partial charge in [0.1, 0.15) is 18.8 Å². The highest BCUT2D eigenvalue weighted by Crippen LogP contribution is 2.27. The number of likely N-dealkylation sites (tertiary alicyclic amines) is 1. The summed E-state index contributed by atoms with van der Waals surface area (Å²) in [5.74, 6) is 0. The van der Waals surface area contributed by atoms with E-state index in [4.69, 9.17) is 18.9 Å². The van der Waals surface area contributed by atoms with Gasteiger partial charge in [0.15, 0.2) is 0 Å². The summed E-state index contributed by atoms with van der Waals surface area (Å²) in [6.45, 7) is 1.53. The van der Waals surface area contributed by atoms with E-state index in [2.05, 4.69) is 0 Å². The Kier molecular flexibility index (Phi) is 11.3. The molecule has 0 radical (unpaired) electrons. The van der Waals surface area contributed by atoms with Crippen LogP contribution in [0.25, 0.3) is 0 Å². The molecule has 5 rings (SSSR count). The van der Waals surface area contributed by atoms with Crippen LogP contribution in [0.2, 0.25) is 0 Å². The van der Waals surface area contributed by atoms with E-state index >= 15 is 0 Å². The molecule has 1 N–H and O–H groups in total. The quantitative estimate of drug-likeness (QED) is 0.216. The van der Waals surface area contributed by atoms with Crippen LogP contribution in [-0.4, -0.2) is 53.6 Å². The van der Waals surface area contributed by atoms with Crippen molar-refractivity contribution in [2.24, 2.45) is 0 Å². The summed E-state index contributed by atoms with van der Waals surface area (Å²) >= 11 is 0. The molecule has 1 heterocycles. The maximum Gasteiger partial charge on any atom is 0.410 e. The summed E-state index contributed by atoms with van der Waals surface area (Å²) in [6, 6.07) is 38.6. The molecule has 1 aliphatic heterocycles. The van der Waals surface area contributed by atoms with Crippen molar-refractivity contribution in [3.63, 3.8) is 0 Å². The number of ether oxygens (including phenoxy) is 4. The van der Waals surface area contributed by atoms with Gasteiger partial charge in [0.2, 0.25) is 0 Å². The van der Waals surface area contributed by atoms with Gasteiger partial charge in [-0.3, -0.25) is 0 Å². The number of aliphatic hydroxyl groups excluding tert-OH is 1. The minimum absolute atomic E-state index is 0.139. The Hall–Kier alpha value is -4.01. The lowest BCUT2D eigenvalue weighted by Crippen LogP contribution is -2.54. The Morgan fingerprint density at radius 1 is 0.628 bits per heavy atom. The molecule has 4 aromatic carbocycles. The van der Waals surface area contributed by atoms with Gasteiger partial charge in [0, 0.05) is 6.54 Å². The van der Waals surface area contributed by atoms with Crippen LogP contribution in [0, 0.1) is 0 Å². The molecule has 1 amide bonds. The Balaban J connectivity index is 1.40. The molecular formula is C36H39NO6. The van der Waals surface area contributed by atoms with Crippen LogP contribution >= 0.6 is 0 Å². The molecule has 1 aliphatic rings. The van der Waals surface area contributed by atoms with Gasteiger partial charge < -0.3 is 29.0 Å². The zero-order valence-electron chi connectivity index (χ0n) is 24.2. The minimum Gasteiger partial charge on any atom is -0.445 e. The highest BCUT2D eigenvalue weighted by atomic mass is 16.6. The van der Waals surface area contributed by atoms with Gasteiger partial charge in [-0.15, -0.1) is 0 Å². The van der Waals surface area contributed by atoms with Crippen molar-refractivity contribution in [2.45, 2.75) is 57.2 Å². The van der Waals surface area contributed by atoms with Crippen molar-refractivity contribution in [1.29, 1.82) is 0 Å². The van der Waals surface area contributed by atoms with Gasteiger partial charge in [-0.2, -0.15) is 0 Å². The lowest BCUT2D eigenvalue weighted by Gasteiger charge is -2.37. The third-order valence-electron chi connectivity index (χ3n) is 7.56. The van der Waals surface area contributed by atoms with E-state index in [0.717, 1.165) is 22.3 Å². The van der Waals surface area contributed by atoms with Gasteiger partial charge in [0.05, 0.1) is 38.6 Å². The van der Waals surface area contributed by atoms with Crippen LogP contribution in [0.3, 0.4) is 0 Å². The number of hydrogen-bond acceptors (Lipinski definition) is 6. The second kappa shape index (κ2) is 16.0. The molecule has 224 valence electrons. The molecule has 4 atom stereocenters. The molecule has 43 heavy (non-hydrogen) atoms. The molecule has 0 aliphatic carbocycles. The number of carbonyl (C=O) groups is 1. The zero-order chi connectivity index (χ0) is 29.7. The highest BCUT2D eigenvalue weighted by molar-refractivity contribution is 5.68. The number of nitrogens with zero attached hydrogens (tertiary/aromatic N) is 1. The molecular weight excluding hydrogens is 542 g/mol. The molecule has 0 saturated carbocycles. The first-order chi connectivity index (χ1) is 21.2. The fourth-order valence-corrected chi connectivity index (χ4v) is 5.25. The number of rotatable bonds is 12. The van der Waals surface area contributed by atoms with E-state index in [-0.39, 0.29) is 26.4 Å². The normalized spacial score (nSPS) is 20.3. The molecule has 0 unspecified atom stereocenters. The summed E-state index contributed by atoms with van der Waals surface area (Å²) in [5, 5.41) is 11.4. The third kappa shape index (κ3) is 8.99. The van der Waals surface area contributed by atoms with Gasteiger partial charge in [-0.1, -0.05) is 121 Å². The number of carbonyl (C=O) groups excluding carboxylic acids is 1. The number of hydrogen-bond donors (Lipinski definition) is 1. The van der Waals surface area contributed by atoms with E-state index in [9.17, 15) is 9.90 Å². The van der Waals surface area contributed by atoms with Gasteiger partial charge in [-0.25, -0.2) is 4.79 Å². The fraction of sp³-hybridized carbons (Fsp3) is 0.306. The van der Waals surface area contributed by atoms with Crippen LogP contribution in [-0.2, 0) is 45.4 Å². The molecule has 7 heteroatoms. The van der Waals surface area contributed by atoms with E-state index in [1.165, 1.54) is 0 Å². The lowest BCUT2D eigenvalue weighted by atomic mass is 10.0. The average molecular weight is 582 g/mol. The third-order valence-corrected chi connectivity index (χ3v) is 7.56. The topological polar surface area (TPSA) is 77.5 Å². The molecule has 7 nitrogen and oxygen atoms in total. The zero-order valence-corrected chi connectivity index (χ0v) is 24.2. The van der Waals surface area contributed by atoms with Crippen molar-refractivity contribution in [2.75, 3.05) is 13.2 Å². The average Bonchev–Trinajstić information content (AvgIpc) is 3.19.